The fourth-order valence-corrected chi connectivity index (χ4v) is 3.10. The molecule has 2 aromatic rings. The highest BCUT2D eigenvalue weighted by Crippen LogP contribution is 2.23. The lowest BCUT2D eigenvalue weighted by molar-refractivity contribution is 0.287. The largest absolute Gasteiger partial charge is 0.491 e. The molecule has 0 heterocycles. The van der Waals surface area contributed by atoms with E-state index in [9.17, 15) is 8.42 Å². The number of hydrogen-bond donors (Lipinski definition) is 0. The SMILES string of the molecule is CN(CCOc1ccccc1Cl)S(=O)(=O)c1ccccc1. The highest BCUT2D eigenvalue weighted by atomic mass is 35.5. The quantitative estimate of drug-likeness (QED) is 0.820. The van der Waals surface area contributed by atoms with Gasteiger partial charge in [0.2, 0.25) is 10.0 Å². The number of para-hydroxylation sites is 1. The normalized spacial score (nSPS) is 11.6. The third-order valence-electron chi connectivity index (χ3n) is 2.95. The number of rotatable bonds is 6. The minimum Gasteiger partial charge on any atom is -0.491 e. The first kappa shape index (κ1) is 15.8. The molecule has 2 aromatic carbocycles. The predicted molar refractivity (Wildman–Crippen MR) is 83.2 cm³/mol. The zero-order chi connectivity index (χ0) is 15.3. The number of halogens is 1. The smallest absolute Gasteiger partial charge is 0.242 e. The first-order valence-corrected chi connectivity index (χ1v) is 8.22. The van der Waals surface area contributed by atoms with Gasteiger partial charge in [0.05, 0.1) is 9.92 Å². The van der Waals surface area contributed by atoms with Crippen molar-refractivity contribution >= 4 is 21.6 Å². The summed E-state index contributed by atoms with van der Waals surface area (Å²) in [6.07, 6.45) is 0. The molecule has 0 aliphatic carbocycles. The van der Waals surface area contributed by atoms with E-state index in [1.165, 1.54) is 11.4 Å². The van der Waals surface area contributed by atoms with Crippen LogP contribution in [-0.4, -0.2) is 32.9 Å². The number of hydrogen-bond acceptors (Lipinski definition) is 3. The molecule has 6 heteroatoms. The summed E-state index contributed by atoms with van der Waals surface area (Å²) >= 11 is 5.97. The summed E-state index contributed by atoms with van der Waals surface area (Å²) in [5.41, 5.74) is 0. The van der Waals surface area contributed by atoms with E-state index in [-0.39, 0.29) is 18.0 Å². The van der Waals surface area contributed by atoms with Crippen molar-refractivity contribution in [2.24, 2.45) is 0 Å². The van der Waals surface area contributed by atoms with E-state index in [0.717, 1.165) is 0 Å². The first-order chi connectivity index (χ1) is 10.0. The Kier molecular flexibility index (Phi) is 5.22. The van der Waals surface area contributed by atoms with Crippen LogP contribution in [0.2, 0.25) is 5.02 Å². The Labute approximate surface area is 130 Å². The molecule has 0 spiro atoms. The summed E-state index contributed by atoms with van der Waals surface area (Å²) in [6, 6.07) is 15.4. The van der Waals surface area contributed by atoms with Gasteiger partial charge >= 0.3 is 0 Å². The van der Waals surface area contributed by atoms with E-state index >= 15 is 0 Å². The van der Waals surface area contributed by atoms with Gasteiger partial charge in [0.15, 0.2) is 0 Å². The Balaban J connectivity index is 1.96. The van der Waals surface area contributed by atoms with E-state index in [0.29, 0.717) is 10.8 Å². The van der Waals surface area contributed by atoms with E-state index in [1.807, 2.05) is 6.07 Å². The number of likely N-dealkylation sites (N-methyl/N-ethyl adjacent to an activating group) is 1. The average molecular weight is 326 g/mol. The van der Waals surface area contributed by atoms with E-state index in [2.05, 4.69) is 0 Å². The molecule has 112 valence electrons. The van der Waals surface area contributed by atoms with Crippen LogP contribution in [0.5, 0.6) is 5.75 Å². The third kappa shape index (κ3) is 3.97. The minimum absolute atomic E-state index is 0.228. The van der Waals surface area contributed by atoms with Crippen molar-refractivity contribution in [3.05, 3.63) is 59.6 Å². The predicted octanol–water partition coefficient (Wildman–Crippen LogP) is 3.04. The zero-order valence-electron chi connectivity index (χ0n) is 11.6. The number of nitrogens with zero attached hydrogens (tertiary/aromatic N) is 1. The summed E-state index contributed by atoms with van der Waals surface area (Å²) in [5.74, 6) is 0.546. The molecule has 0 aliphatic heterocycles. The highest BCUT2D eigenvalue weighted by molar-refractivity contribution is 7.89. The molecule has 0 atom stereocenters. The fraction of sp³-hybridized carbons (Fsp3) is 0.200. The number of benzene rings is 2. The standard InChI is InChI=1S/C15H16ClNO3S/c1-17(21(18,19)13-7-3-2-4-8-13)11-12-20-15-10-6-5-9-14(15)16/h2-10H,11-12H2,1H3. The maximum atomic E-state index is 12.3. The van der Waals surface area contributed by atoms with Crippen LogP contribution in [0.3, 0.4) is 0 Å². The molecular formula is C15H16ClNO3S. The maximum Gasteiger partial charge on any atom is 0.242 e. The van der Waals surface area contributed by atoms with Crippen LogP contribution >= 0.6 is 11.6 Å². The van der Waals surface area contributed by atoms with E-state index in [1.54, 1.807) is 48.5 Å². The van der Waals surface area contributed by atoms with E-state index in [4.69, 9.17) is 16.3 Å². The van der Waals surface area contributed by atoms with Crippen molar-refractivity contribution < 1.29 is 13.2 Å². The van der Waals surface area contributed by atoms with Crippen molar-refractivity contribution in [3.8, 4) is 5.75 Å². The van der Waals surface area contributed by atoms with Crippen LogP contribution in [-0.2, 0) is 10.0 Å². The Hall–Kier alpha value is -1.56. The molecule has 21 heavy (non-hydrogen) atoms. The van der Waals surface area contributed by atoms with Crippen LogP contribution in [0.15, 0.2) is 59.5 Å². The van der Waals surface area contributed by atoms with Gasteiger partial charge in [0.25, 0.3) is 0 Å². The molecule has 0 fully saturated rings. The van der Waals surface area contributed by atoms with Gasteiger partial charge in [0.1, 0.15) is 12.4 Å². The topological polar surface area (TPSA) is 46.6 Å². The monoisotopic (exact) mass is 325 g/mol. The molecule has 0 saturated heterocycles. The van der Waals surface area contributed by atoms with E-state index < -0.39 is 10.0 Å². The molecule has 4 nitrogen and oxygen atoms in total. The molecule has 0 aliphatic rings. The van der Waals surface area contributed by atoms with Crippen molar-refractivity contribution in [2.45, 2.75) is 4.90 Å². The second-order valence-corrected chi connectivity index (χ2v) is 6.87. The van der Waals surface area contributed by atoms with Gasteiger partial charge in [-0.15, -0.1) is 0 Å². The summed E-state index contributed by atoms with van der Waals surface area (Å²) < 4.78 is 31.3. The van der Waals surface area contributed by atoms with Crippen LogP contribution in [0.25, 0.3) is 0 Å². The lowest BCUT2D eigenvalue weighted by Gasteiger charge is -2.17. The highest BCUT2D eigenvalue weighted by Gasteiger charge is 2.20. The van der Waals surface area contributed by atoms with Gasteiger partial charge in [-0.05, 0) is 24.3 Å². The second-order valence-electron chi connectivity index (χ2n) is 4.42. The van der Waals surface area contributed by atoms with Gasteiger partial charge in [-0.3, -0.25) is 0 Å². The first-order valence-electron chi connectivity index (χ1n) is 6.40. The molecule has 0 bridgehead atoms. The van der Waals surface area contributed by atoms with Crippen LogP contribution in [0.4, 0.5) is 0 Å². The molecule has 0 unspecified atom stereocenters. The number of sulfonamides is 1. The molecule has 0 N–H and O–H groups in total. The summed E-state index contributed by atoms with van der Waals surface area (Å²) in [4.78, 5) is 0.269. The number of ether oxygens (including phenoxy) is 1. The van der Waals surface area contributed by atoms with Gasteiger partial charge in [-0.1, -0.05) is 41.9 Å². The van der Waals surface area contributed by atoms with Crippen LogP contribution in [0, 0.1) is 0 Å². The molecule has 0 amide bonds. The Morgan fingerprint density at radius 3 is 2.33 bits per heavy atom. The van der Waals surface area contributed by atoms with Crippen LogP contribution in [0.1, 0.15) is 0 Å². The summed E-state index contributed by atoms with van der Waals surface area (Å²) in [7, 11) is -1.96. The van der Waals surface area contributed by atoms with Crippen molar-refractivity contribution in [1.82, 2.24) is 4.31 Å². The third-order valence-corrected chi connectivity index (χ3v) is 5.14. The maximum absolute atomic E-state index is 12.3. The average Bonchev–Trinajstić information content (AvgIpc) is 2.50. The molecule has 0 radical (unpaired) electrons. The van der Waals surface area contributed by atoms with Gasteiger partial charge < -0.3 is 4.74 Å². The van der Waals surface area contributed by atoms with Crippen molar-refractivity contribution in [2.75, 3.05) is 20.2 Å². The van der Waals surface area contributed by atoms with Crippen molar-refractivity contribution in [3.63, 3.8) is 0 Å². The minimum atomic E-state index is -3.48. The molecule has 0 saturated carbocycles. The lowest BCUT2D eigenvalue weighted by atomic mass is 10.3. The molecule has 0 aromatic heterocycles. The zero-order valence-corrected chi connectivity index (χ0v) is 13.1. The van der Waals surface area contributed by atoms with Crippen molar-refractivity contribution in [1.29, 1.82) is 0 Å². The fourth-order valence-electron chi connectivity index (χ4n) is 1.74. The Bertz CT molecular complexity index is 689. The summed E-state index contributed by atoms with van der Waals surface area (Å²) in [6.45, 7) is 0.467. The Morgan fingerprint density at radius 2 is 1.67 bits per heavy atom. The lowest BCUT2D eigenvalue weighted by Crippen LogP contribution is -2.31. The van der Waals surface area contributed by atoms with Gasteiger partial charge in [0, 0.05) is 13.6 Å². The molecular weight excluding hydrogens is 310 g/mol. The molecule has 2 rings (SSSR count). The van der Waals surface area contributed by atoms with Gasteiger partial charge in [-0.25, -0.2) is 8.42 Å². The van der Waals surface area contributed by atoms with Crippen LogP contribution < -0.4 is 4.74 Å². The summed E-state index contributed by atoms with van der Waals surface area (Å²) in [5, 5.41) is 0.506. The van der Waals surface area contributed by atoms with Gasteiger partial charge in [-0.2, -0.15) is 4.31 Å². The Morgan fingerprint density at radius 1 is 1.05 bits per heavy atom. The second kappa shape index (κ2) is 6.93.